The summed E-state index contributed by atoms with van der Waals surface area (Å²) in [6, 6.07) is 15.1. The van der Waals surface area contributed by atoms with Crippen LogP contribution in [0.15, 0.2) is 75.4 Å². The monoisotopic (exact) mass is 442 g/mol. The minimum absolute atomic E-state index is 0.120. The van der Waals surface area contributed by atoms with Gasteiger partial charge >= 0.3 is 6.03 Å². The molecule has 0 aliphatic rings. The molecule has 27 heavy (non-hydrogen) atoms. The van der Waals surface area contributed by atoms with E-state index in [9.17, 15) is 4.79 Å². The van der Waals surface area contributed by atoms with Crippen molar-refractivity contribution in [3.8, 4) is 0 Å². The summed E-state index contributed by atoms with van der Waals surface area (Å²) in [5.41, 5.74) is 2.77. The van der Waals surface area contributed by atoms with Gasteiger partial charge in [0, 0.05) is 27.4 Å². The Morgan fingerprint density at radius 3 is 2.56 bits per heavy atom. The fraction of sp³-hybridized carbons (Fsp3) is 0.150. The average Bonchev–Trinajstić information content (AvgIpc) is 2.65. The van der Waals surface area contributed by atoms with Gasteiger partial charge in [0.05, 0.1) is 6.04 Å². The molecule has 7 heteroatoms. The normalized spacial score (nSPS) is 11.7. The van der Waals surface area contributed by atoms with Crippen molar-refractivity contribution in [2.75, 3.05) is 5.32 Å². The van der Waals surface area contributed by atoms with Crippen molar-refractivity contribution in [1.82, 2.24) is 15.3 Å². The van der Waals surface area contributed by atoms with Crippen molar-refractivity contribution < 1.29 is 4.79 Å². The SMILES string of the molecule is Cc1cc(Sc2ncccn2)ccc1NC(=O)NC(C)c1ccccc1Br. The summed E-state index contributed by atoms with van der Waals surface area (Å²) < 4.78 is 0.971. The Labute approximate surface area is 171 Å². The highest BCUT2D eigenvalue weighted by Crippen LogP contribution is 2.28. The molecule has 3 aromatic rings. The lowest BCUT2D eigenvalue weighted by atomic mass is 10.1. The molecule has 138 valence electrons. The van der Waals surface area contributed by atoms with Gasteiger partial charge in [-0.15, -0.1) is 0 Å². The number of urea groups is 1. The number of hydrogen-bond donors (Lipinski definition) is 2. The van der Waals surface area contributed by atoms with Gasteiger partial charge in [0.25, 0.3) is 0 Å². The van der Waals surface area contributed by atoms with Gasteiger partial charge in [-0.1, -0.05) is 34.1 Å². The maximum absolute atomic E-state index is 12.4. The summed E-state index contributed by atoms with van der Waals surface area (Å²) in [6.07, 6.45) is 3.43. The second-order valence-electron chi connectivity index (χ2n) is 5.95. The Bertz CT molecular complexity index is 936. The van der Waals surface area contributed by atoms with Gasteiger partial charge in [0.2, 0.25) is 0 Å². The minimum atomic E-state index is -0.242. The Hall–Kier alpha value is -2.38. The van der Waals surface area contributed by atoms with Crippen LogP contribution in [0.1, 0.15) is 24.1 Å². The van der Waals surface area contributed by atoms with Crippen molar-refractivity contribution >= 4 is 39.4 Å². The predicted molar refractivity (Wildman–Crippen MR) is 112 cm³/mol. The number of carbonyl (C=O) groups excluding carboxylic acids is 1. The van der Waals surface area contributed by atoms with Gasteiger partial charge in [-0.2, -0.15) is 0 Å². The largest absolute Gasteiger partial charge is 0.331 e. The Balaban J connectivity index is 1.63. The lowest BCUT2D eigenvalue weighted by Crippen LogP contribution is -2.31. The molecule has 0 fully saturated rings. The van der Waals surface area contributed by atoms with Gasteiger partial charge in [0.15, 0.2) is 5.16 Å². The minimum Gasteiger partial charge on any atom is -0.331 e. The van der Waals surface area contributed by atoms with Crippen molar-refractivity contribution in [2.45, 2.75) is 29.9 Å². The quantitative estimate of drug-likeness (QED) is 0.505. The fourth-order valence-corrected chi connectivity index (χ4v) is 3.98. The number of carbonyl (C=O) groups is 1. The van der Waals surface area contributed by atoms with Crippen LogP contribution < -0.4 is 10.6 Å². The molecule has 0 spiro atoms. The molecule has 0 aliphatic carbocycles. The molecule has 0 radical (unpaired) electrons. The third kappa shape index (κ3) is 5.30. The van der Waals surface area contributed by atoms with E-state index in [4.69, 9.17) is 0 Å². The highest BCUT2D eigenvalue weighted by atomic mass is 79.9. The number of benzene rings is 2. The number of nitrogens with one attached hydrogen (secondary N) is 2. The van der Waals surface area contributed by atoms with Crippen LogP contribution in [0, 0.1) is 6.92 Å². The zero-order chi connectivity index (χ0) is 19.2. The topological polar surface area (TPSA) is 66.9 Å². The zero-order valence-corrected chi connectivity index (χ0v) is 17.3. The van der Waals surface area contributed by atoms with Crippen LogP contribution in [0.25, 0.3) is 0 Å². The van der Waals surface area contributed by atoms with Crippen molar-refractivity contribution in [3.63, 3.8) is 0 Å². The highest BCUT2D eigenvalue weighted by molar-refractivity contribution is 9.10. The first kappa shape index (κ1) is 19.4. The van der Waals surface area contributed by atoms with E-state index in [1.807, 2.05) is 56.3 Å². The zero-order valence-electron chi connectivity index (χ0n) is 14.9. The number of hydrogen-bond acceptors (Lipinski definition) is 4. The number of nitrogens with zero attached hydrogens (tertiary/aromatic N) is 2. The number of rotatable bonds is 5. The lowest BCUT2D eigenvalue weighted by Gasteiger charge is -2.17. The molecular weight excluding hydrogens is 424 g/mol. The Kier molecular flexibility index (Phi) is 6.47. The van der Waals surface area contributed by atoms with Gasteiger partial charge in [-0.3, -0.25) is 0 Å². The molecule has 3 rings (SSSR count). The van der Waals surface area contributed by atoms with Crippen LogP contribution in [-0.2, 0) is 0 Å². The van der Waals surface area contributed by atoms with Gasteiger partial charge in [-0.25, -0.2) is 14.8 Å². The second-order valence-corrected chi connectivity index (χ2v) is 7.85. The van der Waals surface area contributed by atoms with Crippen LogP contribution >= 0.6 is 27.7 Å². The number of halogens is 1. The van der Waals surface area contributed by atoms with Crippen LogP contribution in [0.4, 0.5) is 10.5 Å². The second kappa shape index (κ2) is 9.01. The number of anilines is 1. The third-order valence-electron chi connectivity index (χ3n) is 3.92. The van der Waals surface area contributed by atoms with Crippen LogP contribution in [-0.4, -0.2) is 16.0 Å². The molecule has 2 amide bonds. The molecule has 1 aromatic heterocycles. The number of amides is 2. The van der Waals surface area contributed by atoms with E-state index in [1.54, 1.807) is 18.5 Å². The molecule has 0 bridgehead atoms. The van der Waals surface area contributed by atoms with Crippen molar-refractivity contribution in [2.24, 2.45) is 0 Å². The number of aromatic nitrogens is 2. The van der Waals surface area contributed by atoms with E-state index in [2.05, 4.69) is 36.5 Å². The summed E-state index contributed by atoms with van der Waals surface area (Å²) in [7, 11) is 0. The van der Waals surface area contributed by atoms with Crippen LogP contribution in [0.5, 0.6) is 0 Å². The number of aryl methyl sites for hydroxylation is 1. The van der Waals surface area contributed by atoms with E-state index in [0.717, 1.165) is 26.2 Å². The molecule has 1 heterocycles. The molecular formula is C20H19BrN4OS. The first-order valence-corrected chi connectivity index (χ1v) is 10.0. The van der Waals surface area contributed by atoms with Crippen molar-refractivity contribution in [1.29, 1.82) is 0 Å². The fourth-order valence-electron chi connectivity index (χ4n) is 2.54. The van der Waals surface area contributed by atoms with Gasteiger partial charge < -0.3 is 10.6 Å². The molecule has 2 aromatic carbocycles. The molecule has 2 N–H and O–H groups in total. The molecule has 0 saturated heterocycles. The van der Waals surface area contributed by atoms with Crippen molar-refractivity contribution in [3.05, 3.63) is 76.5 Å². The summed E-state index contributed by atoms with van der Waals surface area (Å²) in [6.45, 7) is 3.91. The summed E-state index contributed by atoms with van der Waals surface area (Å²) >= 11 is 5.00. The van der Waals surface area contributed by atoms with E-state index in [1.165, 1.54) is 11.8 Å². The predicted octanol–water partition coefficient (Wildman–Crippen LogP) is 5.58. The molecule has 0 aliphatic heterocycles. The Morgan fingerprint density at radius 2 is 1.85 bits per heavy atom. The van der Waals surface area contributed by atoms with E-state index in [0.29, 0.717) is 5.16 Å². The Morgan fingerprint density at radius 1 is 1.11 bits per heavy atom. The van der Waals surface area contributed by atoms with Crippen LogP contribution in [0.2, 0.25) is 0 Å². The lowest BCUT2D eigenvalue weighted by molar-refractivity contribution is 0.249. The third-order valence-corrected chi connectivity index (χ3v) is 5.52. The molecule has 1 atom stereocenters. The summed E-state index contributed by atoms with van der Waals surface area (Å²) in [5, 5.41) is 6.57. The van der Waals surface area contributed by atoms with Gasteiger partial charge in [-0.05, 0) is 67.1 Å². The molecule has 5 nitrogen and oxygen atoms in total. The first-order valence-electron chi connectivity index (χ1n) is 8.40. The smallest absolute Gasteiger partial charge is 0.319 e. The highest BCUT2D eigenvalue weighted by Gasteiger charge is 2.13. The molecule has 0 saturated carbocycles. The summed E-state index contributed by atoms with van der Waals surface area (Å²) in [4.78, 5) is 21.8. The van der Waals surface area contributed by atoms with Crippen LogP contribution in [0.3, 0.4) is 0 Å². The maximum atomic E-state index is 12.4. The average molecular weight is 443 g/mol. The standard InChI is InChI=1S/C20H19BrN4OS/c1-13-12-15(27-20-22-10-5-11-23-20)8-9-18(13)25-19(26)24-14(2)16-6-3-4-7-17(16)21/h3-12,14H,1-2H3,(H2,24,25,26). The van der Waals surface area contributed by atoms with E-state index >= 15 is 0 Å². The molecule has 1 unspecified atom stereocenters. The van der Waals surface area contributed by atoms with E-state index < -0.39 is 0 Å². The van der Waals surface area contributed by atoms with Gasteiger partial charge in [0.1, 0.15) is 0 Å². The van der Waals surface area contributed by atoms with E-state index in [-0.39, 0.29) is 12.1 Å². The maximum Gasteiger partial charge on any atom is 0.319 e. The summed E-state index contributed by atoms with van der Waals surface area (Å²) in [5.74, 6) is 0. The first-order chi connectivity index (χ1) is 13.0.